The zero-order chi connectivity index (χ0) is 21.5. The number of likely N-dealkylation sites (tertiary alicyclic amines) is 1. The Morgan fingerprint density at radius 2 is 1.71 bits per heavy atom. The van der Waals surface area contributed by atoms with Crippen molar-refractivity contribution in [3.8, 4) is 0 Å². The van der Waals surface area contributed by atoms with E-state index >= 15 is 0 Å². The molecule has 1 amide bonds. The lowest BCUT2D eigenvalue weighted by Gasteiger charge is -2.40. The molecule has 7 nitrogen and oxygen atoms in total. The maximum Gasteiger partial charge on any atom is 0.516 e. The number of carbonyl (C=O) groups excluding carboxylic acids is 3. The SMILES string of the molecule is CC(C)COC(=O)OC(=O)CC1CCN(C(=O)OC(C)(C)C)C(CC(C)C)C1. The van der Waals surface area contributed by atoms with Gasteiger partial charge in [-0.25, -0.2) is 9.59 Å². The Labute approximate surface area is 169 Å². The van der Waals surface area contributed by atoms with E-state index in [0.29, 0.717) is 25.3 Å². The van der Waals surface area contributed by atoms with Gasteiger partial charge in [-0.1, -0.05) is 27.7 Å². The average Bonchev–Trinajstić information content (AvgIpc) is 2.50. The third-order valence-electron chi connectivity index (χ3n) is 4.38. The van der Waals surface area contributed by atoms with Crippen molar-refractivity contribution in [2.24, 2.45) is 17.8 Å². The number of piperidine rings is 1. The van der Waals surface area contributed by atoms with Crippen molar-refractivity contribution in [2.75, 3.05) is 13.2 Å². The molecule has 0 radical (unpaired) electrons. The van der Waals surface area contributed by atoms with E-state index in [1.165, 1.54) is 0 Å². The van der Waals surface area contributed by atoms with Gasteiger partial charge in [-0.15, -0.1) is 0 Å². The van der Waals surface area contributed by atoms with Crippen LogP contribution in [0.1, 0.15) is 74.1 Å². The van der Waals surface area contributed by atoms with E-state index < -0.39 is 17.7 Å². The monoisotopic (exact) mass is 399 g/mol. The lowest BCUT2D eigenvalue weighted by atomic mass is 9.85. The molecule has 0 aromatic heterocycles. The molecule has 1 saturated heterocycles. The molecule has 2 atom stereocenters. The van der Waals surface area contributed by atoms with Crippen LogP contribution >= 0.6 is 0 Å². The van der Waals surface area contributed by atoms with Gasteiger partial charge >= 0.3 is 18.2 Å². The van der Waals surface area contributed by atoms with E-state index in [1.54, 1.807) is 4.90 Å². The van der Waals surface area contributed by atoms with Crippen LogP contribution in [0.5, 0.6) is 0 Å². The van der Waals surface area contributed by atoms with Crippen LogP contribution in [0.3, 0.4) is 0 Å². The number of hydrogen-bond donors (Lipinski definition) is 0. The third-order valence-corrected chi connectivity index (χ3v) is 4.38. The van der Waals surface area contributed by atoms with Crippen molar-refractivity contribution in [1.29, 1.82) is 0 Å². The highest BCUT2D eigenvalue weighted by atomic mass is 16.7. The van der Waals surface area contributed by atoms with E-state index in [-0.39, 0.29) is 37.0 Å². The Morgan fingerprint density at radius 3 is 2.25 bits per heavy atom. The number of nitrogens with zero attached hydrogens (tertiary/aromatic N) is 1. The fourth-order valence-electron chi connectivity index (χ4n) is 3.28. The molecule has 0 saturated carbocycles. The van der Waals surface area contributed by atoms with Gasteiger partial charge < -0.3 is 19.1 Å². The molecule has 1 aliphatic rings. The van der Waals surface area contributed by atoms with Crippen molar-refractivity contribution in [3.63, 3.8) is 0 Å². The van der Waals surface area contributed by atoms with Crippen LogP contribution in [0.15, 0.2) is 0 Å². The van der Waals surface area contributed by atoms with Crippen LogP contribution in [0, 0.1) is 17.8 Å². The smallest absolute Gasteiger partial charge is 0.444 e. The molecule has 0 N–H and O–H groups in total. The zero-order valence-electron chi connectivity index (χ0n) is 18.4. The molecule has 2 unspecified atom stereocenters. The molecule has 1 heterocycles. The predicted molar refractivity (Wildman–Crippen MR) is 106 cm³/mol. The molecule has 0 aromatic rings. The molecule has 0 spiro atoms. The average molecular weight is 400 g/mol. The second-order valence-corrected chi connectivity index (χ2v) is 9.48. The molecule has 28 heavy (non-hydrogen) atoms. The van der Waals surface area contributed by atoms with Crippen LogP contribution < -0.4 is 0 Å². The van der Waals surface area contributed by atoms with E-state index in [9.17, 15) is 14.4 Å². The minimum atomic E-state index is -0.941. The summed E-state index contributed by atoms with van der Waals surface area (Å²) in [5.74, 6) is 0.0730. The molecule has 162 valence electrons. The van der Waals surface area contributed by atoms with Gasteiger partial charge in [-0.3, -0.25) is 4.79 Å². The molecule has 1 rings (SSSR count). The third kappa shape index (κ3) is 9.42. The van der Waals surface area contributed by atoms with Crippen molar-refractivity contribution < 1.29 is 28.6 Å². The molecule has 0 bridgehead atoms. The van der Waals surface area contributed by atoms with Crippen LogP contribution in [-0.4, -0.2) is 47.9 Å². The Hall–Kier alpha value is -1.79. The summed E-state index contributed by atoms with van der Waals surface area (Å²) in [5, 5.41) is 0. The van der Waals surface area contributed by atoms with Gasteiger partial charge in [-0.05, 0) is 57.8 Å². The first kappa shape index (κ1) is 24.2. The van der Waals surface area contributed by atoms with Gasteiger partial charge in [0.1, 0.15) is 5.60 Å². The maximum absolute atomic E-state index is 12.6. The van der Waals surface area contributed by atoms with Crippen molar-refractivity contribution >= 4 is 18.2 Å². The second kappa shape index (κ2) is 10.7. The Kier molecular flexibility index (Phi) is 9.24. The summed E-state index contributed by atoms with van der Waals surface area (Å²) in [7, 11) is 0. The summed E-state index contributed by atoms with van der Waals surface area (Å²) >= 11 is 0. The number of ether oxygens (including phenoxy) is 3. The summed E-state index contributed by atoms with van der Waals surface area (Å²) < 4.78 is 15.2. The Balaban J connectivity index is 2.62. The Morgan fingerprint density at radius 1 is 1.07 bits per heavy atom. The minimum absolute atomic E-state index is 0.00860. The minimum Gasteiger partial charge on any atom is -0.444 e. The quantitative estimate of drug-likeness (QED) is 0.472. The summed E-state index contributed by atoms with van der Waals surface area (Å²) in [4.78, 5) is 38.0. The number of esters is 1. The maximum atomic E-state index is 12.6. The number of rotatable bonds is 6. The van der Waals surface area contributed by atoms with Gasteiger partial charge in [0.05, 0.1) is 6.61 Å². The molecule has 0 aliphatic carbocycles. The lowest BCUT2D eigenvalue weighted by molar-refractivity contribution is -0.141. The summed E-state index contributed by atoms with van der Waals surface area (Å²) in [6.45, 7) is 14.3. The summed E-state index contributed by atoms with van der Waals surface area (Å²) in [6.07, 6.45) is 1.09. The molecule has 7 heteroatoms. The van der Waals surface area contributed by atoms with Crippen molar-refractivity contribution in [1.82, 2.24) is 4.90 Å². The fraction of sp³-hybridized carbons (Fsp3) is 0.857. The van der Waals surface area contributed by atoms with E-state index in [2.05, 4.69) is 13.8 Å². The largest absolute Gasteiger partial charge is 0.516 e. The summed E-state index contributed by atoms with van der Waals surface area (Å²) in [5.41, 5.74) is -0.545. The van der Waals surface area contributed by atoms with Crippen molar-refractivity contribution in [3.05, 3.63) is 0 Å². The zero-order valence-corrected chi connectivity index (χ0v) is 18.4. The highest BCUT2D eigenvalue weighted by molar-refractivity contribution is 5.81. The van der Waals surface area contributed by atoms with Gasteiger partial charge in [0.25, 0.3) is 0 Å². The molecule has 0 aromatic carbocycles. The van der Waals surface area contributed by atoms with Gasteiger partial charge in [0.15, 0.2) is 0 Å². The predicted octanol–water partition coefficient (Wildman–Crippen LogP) is 4.77. The normalized spacial score (nSPS) is 20.2. The highest BCUT2D eigenvalue weighted by Crippen LogP contribution is 2.30. The standard InChI is InChI=1S/C21H37NO6/c1-14(2)10-17-11-16(8-9-22(17)19(24)28-21(5,6)7)12-18(23)27-20(25)26-13-15(3)4/h14-17H,8-13H2,1-7H3. The van der Waals surface area contributed by atoms with Gasteiger partial charge in [0.2, 0.25) is 0 Å². The number of carbonyl (C=O) groups is 3. The first-order valence-electron chi connectivity index (χ1n) is 10.2. The van der Waals surface area contributed by atoms with E-state index in [0.717, 1.165) is 6.42 Å². The number of amides is 1. The lowest BCUT2D eigenvalue weighted by Crippen LogP contribution is -2.48. The van der Waals surface area contributed by atoms with Gasteiger partial charge in [0, 0.05) is 19.0 Å². The van der Waals surface area contributed by atoms with Crippen LogP contribution in [-0.2, 0) is 19.0 Å². The highest BCUT2D eigenvalue weighted by Gasteiger charge is 2.35. The van der Waals surface area contributed by atoms with E-state index in [4.69, 9.17) is 14.2 Å². The van der Waals surface area contributed by atoms with Crippen molar-refractivity contribution in [2.45, 2.75) is 85.8 Å². The molecule has 1 aliphatic heterocycles. The first-order valence-corrected chi connectivity index (χ1v) is 10.2. The summed E-state index contributed by atoms with van der Waals surface area (Å²) in [6, 6.07) is 0.00860. The number of hydrogen-bond acceptors (Lipinski definition) is 6. The van der Waals surface area contributed by atoms with E-state index in [1.807, 2.05) is 34.6 Å². The van der Waals surface area contributed by atoms with Gasteiger partial charge in [-0.2, -0.15) is 0 Å². The van der Waals surface area contributed by atoms with Crippen LogP contribution in [0.2, 0.25) is 0 Å². The van der Waals surface area contributed by atoms with Crippen LogP contribution in [0.4, 0.5) is 9.59 Å². The molecular formula is C21H37NO6. The van der Waals surface area contributed by atoms with Crippen LogP contribution in [0.25, 0.3) is 0 Å². The second-order valence-electron chi connectivity index (χ2n) is 9.48. The fourth-order valence-corrected chi connectivity index (χ4v) is 3.28. The Bertz CT molecular complexity index is 538. The topological polar surface area (TPSA) is 82.1 Å². The molecular weight excluding hydrogens is 362 g/mol. The first-order chi connectivity index (χ1) is 12.9. The molecule has 1 fully saturated rings.